The van der Waals surface area contributed by atoms with E-state index in [1.807, 2.05) is 29.2 Å². The van der Waals surface area contributed by atoms with E-state index in [1.165, 1.54) is 4.90 Å². The van der Waals surface area contributed by atoms with Crippen molar-refractivity contribution in [3.8, 4) is 0 Å². The zero-order valence-electron chi connectivity index (χ0n) is 12.9. The number of rotatable bonds is 3. The van der Waals surface area contributed by atoms with Gasteiger partial charge in [0.2, 0.25) is 5.91 Å². The van der Waals surface area contributed by atoms with Crippen LogP contribution in [0.2, 0.25) is 5.02 Å². The minimum absolute atomic E-state index is 0.0189. The van der Waals surface area contributed by atoms with Crippen LogP contribution >= 0.6 is 11.6 Å². The Morgan fingerprint density at radius 2 is 1.96 bits per heavy atom. The van der Waals surface area contributed by atoms with Crippen molar-refractivity contribution in [2.75, 3.05) is 50.8 Å². The highest BCUT2D eigenvalue weighted by atomic mass is 35.5. The number of hydrogen-bond acceptors (Lipinski definition) is 4. The molecule has 2 aliphatic heterocycles. The lowest BCUT2D eigenvalue weighted by molar-refractivity contribution is -0.132. The maximum atomic E-state index is 12.3. The molecule has 0 unspecified atom stereocenters. The largest absolute Gasteiger partial charge is 0.449 e. The summed E-state index contributed by atoms with van der Waals surface area (Å²) in [6.45, 7) is 3.96. The van der Waals surface area contributed by atoms with Crippen molar-refractivity contribution in [1.82, 2.24) is 9.80 Å². The van der Waals surface area contributed by atoms with Crippen molar-refractivity contribution in [1.29, 1.82) is 0 Å². The van der Waals surface area contributed by atoms with E-state index in [0.29, 0.717) is 31.3 Å². The summed E-state index contributed by atoms with van der Waals surface area (Å²) in [7, 11) is 0. The first-order valence-corrected chi connectivity index (χ1v) is 8.21. The maximum absolute atomic E-state index is 12.3. The van der Waals surface area contributed by atoms with Crippen LogP contribution in [0.3, 0.4) is 0 Å². The van der Waals surface area contributed by atoms with Gasteiger partial charge in [0.25, 0.3) is 0 Å². The second kappa shape index (κ2) is 7.08. The zero-order chi connectivity index (χ0) is 16.2. The first kappa shape index (κ1) is 15.9. The number of halogens is 1. The molecule has 2 aliphatic rings. The second-order valence-electron chi connectivity index (χ2n) is 5.74. The molecule has 3 rings (SSSR count). The number of piperazine rings is 1. The number of benzene rings is 1. The van der Waals surface area contributed by atoms with E-state index in [4.69, 9.17) is 16.3 Å². The number of nitrogens with zero attached hydrogens (tertiary/aromatic N) is 3. The number of amides is 2. The molecule has 7 heteroatoms. The van der Waals surface area contributed by atoms with E-state index >= 15 is 0 Å². The van der Waals surface area contributed by atoms with E-state index < -0.39 is 0 Å². The van der Waals surface area contributed by atoms with Gasteiger partial charge in [-0.05, 0) is 24.6 Å². The summed E-state index contributed by atoms with van der Waals surface area (Å²) in [5.41, 5.74) is 1.07. The third-order valence-electron chi connectivity index (χ3n) is 4.19. The molecular formula is C16H20ClN3O3. The van der Waals surface area contributed by atoms with Crippen LogP contribution in [-0.4, -0.2) is 67.7 Å². The lowest BCUT2D eigenvalue weighted by atomic mass is 10.2. The Hall–Kier alpha value is -1.95. The van der Waals surface area contributed by atoms with Gasteiger partial charge in [-0.25, -0.2) is 4.79 Å². The van der Waals surface area contributed by atoms with Crippen LogP contribution in [0.5, 0.6) is 0 Å². The molecule has 0 N–H and O–H groups in total. The fraction of sp³-hybridized carbons (Fsp3) is 0.500. The first-order valence-electron chi connectivity index (χ1n) is 7.83. The van der Waals surface area contributed by atoms with Crippen LogP contribution in [-0.2, 0) is 9.53 Å². The van der Waals surface area contributed by atoms with E-state index in [0.717, 1.165) is 25.2 Å². The quantitative estimate of drug-likeness (QED) is 0.844. The van der Waals surface area contributed by atoms with Gasteiger partial charge in [0, 0.05) is 43.4 Å². The predicted molar refractivity (Wildman–Crippen MR) is 87.8 cm³/mol. The molecule has 1 aromatic carbocycles. The summed E-state index contributed by atoms with van der Waals surface area (Å²) in [6.07, 6.45) is 0.392. The molecule has 6 nitrogen and oxygen atoms in total. The van der Waals surface area contributed by atoms with Crippen LogP contribution in [0.25, 0.3) is 0 Å². The molecular weight excluding hydrogens is 318 g/mol. The molecule has 124 valence electrons. The molecule has 0 radical (unpaired) electrons. The van der Waals surface area contributed by atoms with Crippen molar-refractivity contribution >= 4 is 29.3 Å². The van der Waals surface area contributed by atoms with Crippen LogP contribution < -0.4 is 4.90 Å². The van der Waals surface area contributed by atoms with Gasteiger partial charge in [0.05, 0.1) is 6.61 Å². The smallest absolute Gasteiger partial charge is 0.410 e. The highest BCUT2D eigenvalue weighted by molar-refractivity contribution is 6.30. The zero-order valence-corrected chi connectivity index (χ0v) is 13.7. The summed E-state index contributed by atoms with van der Waals surface area (Å²) in [5, 5.41) is 0.713. The Labute approximate surface area is 140 Å². The fourth-order valence-electron chi connectivity index (χ4n) is 2.89. The van der Waals surface area contributed by atoms with Gasteiger partial charge >= 0.3 is 6.09 Å². The van der Waals surface area contributed by atoms with Gasteiger partial charge in [-0.1, -0.05) is 17.7 Å². The Morgan fingerprint density at radius 3 is 2.65 bits per heavy atom. The molecule has 0 saturated carbocycles. The van der Waals surface area contributed by atoms with E-state index in [9.17, 15) is 9.59 Å². The SMILES string of the molecule is O=C(CN1CCCOC1=O)N1CCN(c2cccc(Cl)c2)CC1. The summed E-state index contributed by atoms with van der Waals surface area (Å²) < 4.78 is 4.96. The van der Waals surface area contributed by atoms with Gasteiger partial charge in [0.15, 0.2) is 0 Å². The van der Waals surface area contributed by atoms with Crippen molar-refractivity contribution in [2.24, 2.45) is 0 Å². The molecule has 0 spiro atoms. The predicted octanol–water partition coefficient (Wildman–Crippen LogP) is 1.83. The van der Waals surface area contributed by atoms with Crippen LogP contribution in [0.15, 0.2) is 24.3 Å². The summed E-state index contributed by atoms with van der Waals surface area (Å²) >= 11 is 6.02. The highest BCUT2D eigenvalue weighted by Gasteiger charge is 2.26. The molecule has 0 aliphatic carbocycles. The number of ether oxygens (including phenoxy) is 1. The van der Waals surface area contributed by atoms with Crippen LogP contribution in [0.4, 0.5) is 10.5 Å². The number of carbonyl (C=O) groups excluding carboxylic acids is 2. The van der Waals surface area contributed by atoms with Crippen molar-refractivity contribution < 1.29 is 14.3 Å². The van der Waals surface area contributed by atoms with Gasteiger partial charge in [0.1, 0.15) is 6.54 Å². The van der Waals surface area contributed by atoms with Crippen molar-refractivity contribution in [2.45, 2.75) is 6.42 Å². The topological polar surface area (TPSA) is 53.1 Å². The number of carbonyl (C=O) groups is 2. The Balaban J connectivity index is 1.52. The van der Waals surface area contributed by atoms with E-state index in [1.54, 1.807) is 0 Å². The third-order valence-corrected chi connectivity index (χ3v) is 4.42. The average molecular weight is 338 g/mol. The highest BCUT2D eigenvalue weighted by Crippen LogP contribution is 2.20. The molecule has 2 amide bonds. The monoisotopic (exact) mass is 337 g/mol. The second-order valence-corrected chi connectivity index (χ2v) is 6.17. The lowest BCUT2D eigenvalue weighted by Gasteiger charge is -2.37. The normalized spacial score (nSPS) is 18.8. The molecule has 2 fully saturated rings. The van der Waals surface area contributed by atoms with Crippen molar-refractivity contribution in [3.63, 3.8) is 0 Å². The van der Waals surface area contributed by atoms with E-state index in [2.05, 4.69) is 4.90 Å². The minimum Gasteiger partial charge on any atom is -0.449 e. The Morgan fingerprint density at radius 1 is 1.17 bits per heavy atom. The average Bonchev–Trinajstić information content (AvgIpc) is 2.57. The minimum atomic E-state index is -0.387. The van der Waals surface area contributed by atoms with Crippen molar-refractivity contribution in [3.05, 3.63) is 29.3 Å². The van der Waals surface area contributed by atoms with E-state index in [-0.39, 0.29) is 18.5 Å². The summed E-state index contributed by atoms with van der Waals surface area (Å²) in [4.78, 5) is 29.4. The third kappa shape index (κ3) is 3.88. The lowest BCUT2D eigenvalue weighted by Crippen LogP contribution is -2.52. The first-order chi connectivity index (χ1) is 11.1. The molecule has 2 heterocycles. The molecule has 0 aromatic heterocycles. The van der Waals surface area contributed by atoms with Gasteiger partial charge in [-0.15, -0.1) is 0 Å². The standard InChI is InChI=1S/C16H20ClN3O3/c17-13-3-1-4-14(11-13)18-6-8-19(9-7-18)15(21)12-20-5-2-10-23-16(20)22/h1,3-4,11H,2,5-10,12H2. The maximum Gasteiger partial charge on any atom is 0.410 e. The summed E-state index contributed by atoms with van der Waals surface area (Å²) in [6, 6.07) is 7.73. The molecule has 0 atom stereocenters. The molecule has 2 saturated heterocycles. The summed E-state index contributed by atoms with van der Waals surface area (Å²) in [5.74, 6) is -0.0189. The molecule has 23 heavy (non-hydrogen) atoms. The number of hydrogen-bond donors (Lipinski definition) is 0. The Kier molecular flexibility index (Phi) is 4.91. The number of cyclic esters (lactones) is 1. The van der Waals surface area contributed by atoms with Gasteiger partial charge in [-0.2, -0.15) is 0 Å². The number of anilines is 1. The van der Waals surface area contributed by atoms with Gasteiger partial charge in [-0.3, -0.25) is 9.69 Å². The van der Waals surface area contributed by atoms with Crippen LogP contribution in [0.1, 0.15) is 6.42 Å². The van der Waals surface area contributed by atoms with Crippen LogP contribution in [0, 0.1) is 0 Å². The molecule has 0 bridgehead atoms. The molecule has 1 aromatic rings. The van der Waals surface area contributed by atoms with Gasteiger partial charge < -0.3 is 14.5 Å². The Bertz CT molecular complexity index is 588. The fourth-order valence-corrected chi connectivity index (χ4v) is 3.08.